The second-order valence-electron chi connectivity index (χ2n) is 5.06. The fraction of sp³-hybridized carbons (Fsp3) is 0.571. The summed E-state index contributed by atoms with van der Waals surface area (Å²) in [4.78, 5) is 0. The van der Waals surface area contributed by atoms with Gasteiger partial charge in [0.2, 0.25) is 0 Å². The van der Waals surface area contributed by atoms with Crippen LogP contribution in [0.25, 0.3) is 0 Å². The summed E-state index contributed by atoms with van der Waals surface area (Å²) in [5.41, 5.74) is 2.84. The third-order valence-electron chi connectivity index (χ3n) is 3.20. The molecule has 3 nitrogen and oxygen atoms in total. The van der Waals surface area contributed by atoms with Crippen molar-refractivity contribution in [3.63, 3.8) is 0 Å². The van der Waals surface area contributed by atoms with E-state index in [-0.39, 0.29) is 0 Å². The highest BCUT2D eigenvalue weighted by Gasteiger charge is 2.32. The number of para-hydroxylation sites is 1. The second-order valence-corrected chi connectivity index (χ2v) is 5.06. The van der Waals surface area contributed by atoms with E-state index in [2.05, 4.69) is 36.5 Å². The highest BCUT2D eigenvalue weighted by Crippen LogP contribution is 2.27. The van der Waals surface area contributed by atoms with Crippen LogP contribution in [0.15, 0.2) is 24.3 Å². The first-order valence-corrected chi connectivity index (χ1v) is 6.12. The molecule has 1 aliphatic heterocycles. The SMILES string of the molecule is COCCc1ccccc1NCC1(C)COC1. The third kappa shape index (κ3) is 3.20. The largest absolute Gasteiger partial charge is 0.384 e. The van der Waals surface area contributed by atoms with E-state index in [1.165, 1.54) is 11.3 Å². The molecule has 0 aliphatic carbocycles. The number of methoxy groups -OCH3 is 1. The lowest BCUT2D eigenvalue weighted by atomic mass is 9.88. The van der Waals surface area contributed by atoms with Crippen molar-refractivity contribution in [1.82, 2.24) is 0 Å². The summed E-state index contributed by atoms with van der Waals surface area (Å²) < 4.78 is 10.4. The van der Waals surface area contributed by atoms with E-state index in [0.717, 1.165) is 32.8 Å². The Hall–Kier alpha value is -1.06. The van der Waals surface area contributed by atoms with Crippen LogP contribution in [0.1, 0.15) is 12.5 Å². The first kappa shape index (κ1) is 12.4. The summed E-state index contributed by atoms with van der Waals surface area (Å²) in [6, 6.07) is 8.43. The van der Waals surface area contributed by atoms with E-state index < -0.39 is 0 Å². The van der Waals surface area contributed by atoms with Crippen LogP contribution in [0.5, 0.6) is 0 Å². The van der Waals surface area contributed by atoms with Crippen molar-refractivity contribution in [3.05, 3.63) is 29.8 Å². The quantitative estimate of drug-likeness (QED) is 0.821. The molecule has 0 bridgehead atoms. The van der Waals surface area contributed by atoms with Crippen LogP contribution in [-0.4, -0.2) is 33.5 Å². The zero-order chi connectivity index (χ0) is 12.1. The maximum Gasteiger partial charge on any atom is 0.0559 e. The third-order valence-corrected chi connectivity index (χ3v) is 3.20. The van der Waals surface area contributed by atoms with Crippen molar-refractivity contribution in [2.45, 2.75) is 13.3 Å². The van der Waals surface area contributed by atoms with Gasteiger partial charge in [0.25, 0.3) is 0 Å². The lowest BCUT2D eigenvalue weighted by Gasteiger charge is -2.38. The molecule has 1 aromatic rings. The highest BCUT2D eigenvalue weighted by atomic mass is 16.5. The fourth-order valence-electron chi connectivity index (χ4n) is 1.98. The van der Waals surface area contributed by atoms with Crippen molar-refractivity contribution in [2.24, 2.45) is 5.41 Å². The molecule has 0 radical (unpaired) electrons. The summed E-state index contributed by atoms with van der Waals surface area (Å²) in [7, 11) is 1.74. The molecule has 0 atom stereocenters. The van der Waals surface area contributed by atoms with E-state index in [1.807, 2.05) is 0 Å². The lowest BCUT2D eigenvalue weighted by Crippen LogP contribution is -2.45. The van der Waals surface area contributed by atoms with Crippen LogP contribution in [0.3, 0.4) is 0 Å². The molecule has 0 saturated carbocycles. The zero-order valence-electron chi connectivity index (χ0n) is 10.7. The Morgan fingerprint density at radius 1 is 1.35 bits per heavy atom. The predicted octanol–water partition coefficient (Wildman–Crippen LogP) is 2.32. The second kappa shape index (κ2) is 5.52. The smallest absolute Gasteiger partial charge is 0.0559 e. The van der Waals surface area contributed by atoms with Crippen molar-refractivity contribution >= 4 is 5.69 Å². The predicted molar refractivity (Wildman–Crippen MR) is 69.4 cm³/mol. The van der Waals surface area contributed by atoms with E-state index in [9.17, 15) is 0 Å². The first-order chi connectivity index (χ1) is 8.23. The van der Waals surface area contributed by atoms with Crippen LogP contribution >= 0.6 is 0 Å². The molecule has 1 N–H and O–H groups in total. The molecule has 0 aromatic heterocycles. The minimum atomic E-state index is 0.300. The molecular weight excluding hydrogens is 214 g/mol. The summed E-state index contributed by atoms with van der Waals surface area (Å²) in [5.74, 6) is 0. The molecule has 0 amide bonds. The topological polar surface area (TPSA) is 30.5 Å². The molecule has 0 unspecified atom stereocenters. The Bertz CT molecular complexity index is 361. The van der Waals surface area contributed by atoms with Crippen LogP contribution < -0.4 is 5.32 Å². The van der Waals surface area contributed by atoms with Gasteiger partial charge in [-0.2, -0.15) is 0 Å². The molecule has 0 spiro atoms. The Kier molecular flexibility index (Phi) is 4.02. The summed E-state index contributed by atoms with van der Waals surface area (Å²) in [6.07, 6.45) is 0.951. The molecule has 94 valence electrons. The number of anilines is 1. The monoisotopic (exact) mass is 235 g/mol. The van der Waals surface area contributed by atoms with Crippen molar-refractivity contribution in [2.75, 3.05) is 38.8 Å². The van der Waals surface area contributed by atoms with E-state index in [0.29, 0.717) is 5.41 Å². The molecule has 1 saturated heterocycles. The van der Waals surface area contributed by atoms with E-state index in [1.54, 1.807) is 7.11 Å². The van der Waals surface area contributed by atoms with Gasteiger partial charge in [-0.15, -0.1) is 0 Å². The molecule has 1 aliphatic rings. The summed E-state index contributed by atoms with van der Waals surface area (Å²) in [6.45, 7) is 5.71. The van der Waals surface area contributed by atoms with Gasteiger partial charge < -0.3 is 14.8 Å². The van der Waals surface area contributed by atoms with Gasteiger partial charge in [0.05, 0.1) is 19.8 Å². The fourth-order valence-corrected chi connectivity index (χ4v) is 1.98. The summed E-state index contributed by atoms with van der Waals surface area (Å²) in [5, 5.41) is 3.53. The van der Waals surface area contributed by atoms with Gasteiger partial charge in [-0.25, -0.2) is 0 Å². The minimum Gasteiger partial charge on any atom is -0.384 e. The average Bonchev–Trinajstić information content (AvgIpc) is 2.32. The highest BCUT2D eigenvalue weighted by molar-refractivity contribution is 5.51. The average molecular weight is 235 g/mol. The van der Waals surface area contributed by atoms with Gasteiger partial charge in [0.15, 0.2) is 0 Å². The normalized spacial score (nSPS) is 17.5. The van der Waals surface area contributed by atoms with E-state index >= 15 is 0 Å². The number of benzene rings is 1. The molecule has 1 fully saturated rings. The Morgan fingerprint density at radius 3 is 2.76 bits per heavy atom. The molecule has 17 heavy (non-hydrogen) atoms. The van der Waals surface area contributed by atoms with Crippen molar-refractivity contribution < 1.29 is 9.47 Å². The van der Waals surface area contributed by atoms with Gasteiger partial charge in [-0.05, 0) is 18.1 Å². The maximum atomic E-state index is 5.26. The lowest BCUT2D eigenvalue weighted by molar-refractivity contribution is -0.0924. The Labute approximate surface area is 103 Å². The van der Waals surface area contributed by atoms with Crippen molar-refractivity contribution in [3.8, 4) is 0 Å². The first-order valence-electron chi connectivity index (χ1n) is 6.12. The number of hydrogen-bond donors (Lipinski definition) is 1. The van der Waals surface area contributed by atoms with Gasteiger partial charge in [-0.3, -0.25) is 0 Å². The van der Waals surface area contributed by atoms with Crippen LogP contribution in [0, 0.1) is 5.41 Å². The van der Waals surface area contributed by atoms with Gasteiger partial charge >= 0.3 is 0 Å². The number of ether oxygens (including phenoxy) is 2. The molecule has 3 heteroatoms. The Morgan fingerprint density at radius 2 is 2.12 bits per heavy atom. The van der Waals surface area contributed by atoms with Crippen molar-refractivity contribution in [1.29, 1.82) is 0 Å². The van der Waals surface area contributed by atoms with Gasteiger partial charge in [0.1, 0.15) is 0 Å². The summed E-state index contributed by atoms with van der Waals surface area (Å²) >= 11 is 0. The number of hydrogen-bond acceptors (Lipinski definition) is 3. The maximum absolute atomic E-state index is 5.26. The number of nitrogens with one attached hydrogen (secondary N) is 1. The molecule has 1 heterocycles. The molecular formula is C14H21NO2. The molecule has 1 aromatic carbocycles. The Balaban J connectivity index is 1.94. The van der Waals surface area contributed by atoms with Crippen LogP contribution in [-0.2, 0) is 15.9 Å². The van der Waals surface area contributed by atoms with Crippen LogP contribution in [0.4, 0.5) is 5.69 Å². The van der Waals surface area contributed by atoms with Crippen LogP contribution in [0.2, 0.25) is 0 Å². The standard InChI is InChI=1S/C14H21NO2/c1-14(10-17-11-14)9-15-13-6-4-3-5-12(13)7-8-16-2/h3-6,15H,7-11H2,1-2H3. The van der Waals surface area contributed by atoms with Gasteiger partial charge in [0, 0.05) is 24.8 Å². The minimum absolute atomic E-state index is 0.300. The zero-order valence-corrected chi connectivity index (χ0v) is 10.7. The van der Waals surface area contributed by atoms with Gasteiger partial charge in [-0.1, -0.05) is 25.1 Å². The number of rotatable bonds is 6. The van der Waals surface area contributed by atoms with E-state index in [4.69, 9.17) is 9.47 Å². The molecule has 2 rings (SSSR count).